The van der Waals surface area contributed by atoms with Gasteiger partial charge in [0, 0.05) is 17.1 Å². The molecule has 0 spiro atoms. The van der Waals surface area contributed by atoms with E-state index in [1.54, 1.807) is 12.1 Å². The van der Waals surface area contributed by atoms with Gasteiger partial charge in [-0.1, -0.05) is 29.8 Å². The number of hydrogen-bond acceptors (Lipinski definition) is 5. The largest absolute Gasteiger partial charge is 0.457 e. The van der Waals surface area contributed by atoms with E-state index in [1.807, 2.05) is 12.1 Å². The number of aryl methyl sites for hydroxylation is 2. The molecule has 0 heterocycles. The lowest BCUT2D eigenvalue weighted by molar-refractivity contribution is -0.142. The number of Topliss-reactive ketones (excluding diaryl/α,β-unsaturated/α-hetero) is 1. The first-order valence-electron chi connectivity index (χ1n) is 8.91. The van der Waals surface area contributed by atoms with Crippen LogP contribution in [0.15, 0.2) is 47.4 Å². The Labute approximate surface area is 168 Å². The Balaban J connectivity index is 1.45. The van der Waals surface area contributed by atoms with Crippen LogP contribution in [0.5, 0.6) is 0 Å². The van der Waals surface area contributed by atoms with Crippen molar-refractivity contribution >= 4 is 33.4 Å². The standard InChI is InChI=1S/C20H20ClNO5S/c21-17-5-2-6-18(12-17)28(25,26)22-10-9-20(24)27-13-19(23)16-8-7-14-3-1-4-15(14)11-16/h2,5-8,11-12,22H,1,3-4,9-10,13H2. The third-order valence-electron chi connectivity index (χ3n) is 4.51. The summed E-state index contributed by atoms with van der Waals surface area (Å²) in [5.74, 6) is -0.925. The van der Waals surface area contributed by atoms with Crippen molar-refractivity contribution in [1.82, 2.24) is 4.72 Å². The number of esters is 1. The molecule has 0 fully saturated rings. The molecule has 1 aliphatic rings. The molecule has 0 amide bonds. The van der Waals surface area contributed by atoms with Gasteiger partial charge in [-0.2, -0.15) is 0 Å². The maximum Gasteiger partial charge on any atom is 0.307 e. The molecule has 3 rings (SSSR count). The summed E-state index contributed by atoms with van der Waals surface area (Å²) in [5, 5.41) is 0.298. The number of sulfonamides is 1. The molecule has 0 unspecified atom stereocenters. The summed E-state index contributed by atoms with van der Waals surface area (Å²) in [7, 11) is -3.77. The van der Waals surface area contributed by atoms with E-state index in [4.69, 9.17) is 16.3 Å². The average molecular weight is 422 g/mol. The summed E-state index contributed by atoms with van der Waals surface area (Å²) in [5.41, 5.74) is 2.96. The van der Waals surface area contributed by atoms with Crippen LogP contribution in [0, 0.1) is 0 Å². The van der Waals surface area contributed by atoms with Crippen molar-refractivity contribution in [3.63, 3.8) is 0 Å². The number of benzene rings is 2. The average Bonchev–Trinajstić information content (AvgIpc) is 3.13. The molecule has 2 aromatic carbocycles. The zero-order chi connectivity index (χ0) is 20.1. The minimum Gasteiger partial charge on any atom is -0.457 e. The van der Waals surface area contributed by atoms with E-state index in [2.05, 4.69) is 4.72 Å². The van der Waals surface area contributed by atoms with Crippen LogP contribution in [0.25, 0.3) is 0 Å². The molecule has 1 aliphatic carbocycles. The second-order valence-electron chi connectivity index (χ2n) is 6.53. The van der Waals surface area contributed by atoms with Crippen LogP contribution in [0.4, 0.5) is 0 Å². The van der Waals surface area contributed by atoms with Crippen molar-refractivity contribution in [2.24, 2.45) is 0 Å². The maximum atomic E-state index is 12.2. The topological polar surface area (TPSA) is 89.5 Å². The smallest absolute Gasteiger partial charge is 0.307 e. The molecule has 148 valence electrons. The molecule has 0 atom stereocenters. The van der Waals surface area contributed by atoms with Gasteiger partial charge in [-0.3, -0.25) is 9.59 Å². The molecule has 1 N–H and O–H groups in total. The summed E-state index contributed by atoms with van der Waals surface area (Å²) >= 11 is 5.79. The Hall–Kier alpha value is -2.22. The van der Waals surface area contributed by atoms with Gasteiger partial charge in [0.2, 0.25) is 10.0 Å². The Morgan fingerprint density at radius 3 is 2.64 bits per heavy atom. The summed E-state index contributed by atoms with van der Waals surface area (Å²) in [4.78, 5) is 24.0. The van der Waals surface area contributed by atoms with Crippen molar-refractivity contribution in [2.75, 3.05) is 13.2 Å². The van der Waals surface area contributed by atoms with Gasteiger partial charge >= 0.3 is 5.97 Å². The minimum atomic E-state index is -3.77. The number of fused-ring (bicyclic) bond motifs is 1. The van der Waals surface area contributed by atoms with Crippen LogP contribution in [-0.4, -0.2) is 33.3 Å². The molecular formula is C20H20ClNO5S. The second-order valence-corrected chi connectivity index (χ2v) is 8.73. The Morgan fingerprint density at radius 2 is 1.86 bits per heavy atom. The number of hydrogen-bond donors (Lipinski definition) is 1. The number of carbonyl (C=O) groups excluding carboxylic acids is 2. The van der Waals surface area contributed by atoms with E-state index in [0.29, 0.717) is 10.6 Å². The first kappa shape index (κ1) is 20.5. The summed E-state index contributed by atoms with van der Waals surface area (Å²) in [6.45, 7) is -0.501. The fourth-order valence-corrected chi connectivity index (χ4v) is 4.38. The van der Waals surface area contributed by atoms with Gasteiger partial charge in [-0.15, -0.1) is 0 Å². The van der Waals surface area contributed by atoms with Crippen LogP contribution < -0.4 is 4.72 Å². The summed E-state index contributed by atoms with van der Waals surface area (Å²) in [6, 6.07) is 11.4. The highest BCUT2D eigenvalue weighted by Crippen LogP contribution is 2.23. The SMILES string of the molecule is O=C(CCNS(=O)(=O)c1cccc(Cl)c1)OCC(=O)c1ccc2c(c1)CCC2. The van der Waals surface area contributed by atoms with E-state index in [9.17, 15) is 18.0 Å². The van der Waals surface area contributed by atoms with Crippen LogP contribution in [-0.2, 0) is 32.4 Å². The molecule has 28 heavy (non-hydrogen) atoms. The van der Waals surface area contributed by atoms with Crippen LogP contribution >= 0.6 is 11.6 Å². The first-order chi connectivity index (χ1) is 13.3. The highest BCUT2D eigenvalue weighted by Gasteiger charge is 2.17. The van der Waals surface area contributed by atoms with Gasteiger partial charge < -0.3 is 4.74 Å². The van der Waals surface area contributed by atoms with Crippen LogP contribution in [0.1, 0.15) is 34.3 Å². The predicted molar refractivity (Wildman–Crippen MR) is 105 cm³/mol. The molecule has 6 nitrogen and oxygen atoms in total. The highest BCUT2D eigenvalue weighted by molar-refractivity contribution is 7.89. The number of rotatable bonds is 8. The van der Waals surface area contributed by atoms with E-state index in [0.717, 1.165) is 19.3 Å². The second kappa shape index (κ2) is 8.86. The zero-order valence-electron chi connectivity index (χ0n) is 15.1. The number of ether oxygens (including phenoxy) is 1. The van der Waals surface area contributed by atoms with Crippen molar-refractivity contribution in [3.8, 4) is 0 Å². The van der Waals surface area contributed by atoms with E-state index in [-0.39, 0.29) is 30.3 Å². The fraction of sp³-hybridized carbons (Fsp3) is 0.300. The molecule has 0 saturated carbocycles. The molecule has 2 aromatic rings. The van der Waals surface area contributed by atoms with Gasteiger partial charge in [0.1, 0.15) is 0 Å². The normalized spacial score (nSPS) is 13.2. The van der Waals surface area contributed by atoms with Gasteiger partial charge in [0.15, 0.2) is 12.4 Å². The van der Waals surface area contributed by atoms with Crippen molar-refractivity contribution in [3.05, 3.63) is 64.2 Å². The molecular weight excluding hydrogens is 402 g/mol. The van der Waals surface area contributed by atoms with E-state index < -0.39 is 16.0 Å². The number of ketones is 1. The van der Waals surface area contributed by atoms with Gasteiger partial charge in [-0.05, 0) is 54.7 Å². The summed E-state index contributed by atoms with van der Waals surface area (Å²) in [6.07, 6.45) is 2.90. The Bertz CT molecular complexity index is 1000. The van der Waals surface area contributed by atoms with E-state index >= 15 is 0 Å². The number of carbonyl (C=O) groups is 2. The van der Waals surface area contributed by atoms with Gasteiger partial charge in [0.25, 0.3) is 0 Å². The highest BCUT2D eigenvalue weighted by atomic mass is 35.5. The van der Waals surface area contributed by atoms with Crippen molar-refractivity contribution in [2.45, 2.75) is 30.6 Å². The molecule has 8 heteroatoms. The molecule has 0 saturated heterocycles. The predicted octanol–water partition coefficient (Wildman–Crippen LogP) is 2.92. The number of nitrogens with one attached hydrogen (secondary N) is 1. The number of halogens is 1. The third kappa shape index (κ3) is 5.19. The summed E-state index contributed by atoms with van der Waals surface area (Å²) < 4.78 is 31.5. The zero-order valence-corrected chi connectivity index (χ0v) is 16.7. The molecule has 0 aliphatic heterocycles. The van der Waals surface area contributed by atoms with Gasteiger partial charge in [-0.25, -0.2) is 13.1 Å². The van der Waals surface area contributed by atoms with Crippen molar-refractivity contribution < 1.29 is 22.7 Å². The van der Waals surface area contributed by atoms with Crippen LogP contribution in [0.2, 0.25) is 5.02 Å². The first-order valence-corrected chi connectivity index (χ1v) is 10.8. The lowest BCUT2D eigenvalue weighted by atomic mass is 10.0. The fourth-order valence-electron chi connectivity index (χ4n) is 3.05. The molecule has 0 radical (unpaired) electrons. The Kier molecular flexibility index (Phi) is 6.49. The van der Waals surface area contributed by atoms with Crippen molar-refractivity contribution in [1.29, 1.82) is 0 Å². The monoisotopic (exact) mass is 421 g/mol. The maximum absolute atomic E-state index is 12.2. The van der Waals surface area contributed by atoms with Gasteiger partial charge in [0.05, 0.1) is 11.3 Å². The quantitative estimate of drug-likeness (QED) is 0.523. The van der Waals surface area contributed by atoms with Crippen LogP contribution in [0.3, 0.4) is 0 Å². The molecule has 0 aromatic heterocycles. The lowest BCUT2D eigenvalue weighted by Gasteiger charge is -2.08. The van der Waals surface area contributed by atoms with E-state index in [1.165, 1.54) is 29.3 Å². The molecule has 0 bridgehead atoms. The Morgan fingerprint density at radius 1 is 1.07 bits per heavy atom. The minimum absolute atomic E-state index is 0.0140. The lowest BCUT2D eigenvalue weighted by Crippen LogP contribution is -2.27. The third-order valence-corrected chi connectivity index (χ3v) is 6.21.